The normalized spacial score (nSPS) is 17.1. The van der Waals surface area contributed by atoms with Crippen LogP contribution >= 0.6 is 0 Å². The van der Waals surface area contributed by atoms with Crippen molar-refractivity contribution in [3.8, 4) is 17.3 Å². The number of aromatic nitrogens is 3. The Bertz CT molecular complexity index is 1140. The number of urea groups is 1. The topological polar surface area (TPSA) is 98.0 Å². The van der Waals surface area contributed by atoms with Crippen LogP contribution in [0.1, 0.15) is 18.4 Å². The Kier molecular flexibility index (Phi) is 4.48. The van der Waals surface area contributed by atoms with Gasteiger partial charge in [0.2, 0.25) is 0 Å². The molecule has 2 amide bonds. The van der Waals surface area contributed by atoms with Gasteiger partial charge in [0.15, 0.2) is 11.6 Å². The molecule has 0 aliphatic carbocycles. The zero-order valence-corrected chi connectivity index (χ0v) is 16.2. The first-order valence-electron chi connectivity index (χ1n) is 9.87. The van der Waals surface area contributed by atoms with E-state index in [1.54, 1.807) is 29.3 Å². The molecule has 0 radical (unpaired) electrons. The molecule has 1 saturated heterocycles. The van der Waals surface area contributed by atoms with Crippen LogP contribution in [-0.2, 0) is 0 Å². The van der Waals surface area contributed by atoms with Crippen molar-refractivity contribution < 1.29 is 4.79 Å². The van der Waals surface area contributed by atoms with Gasteiger partial charge in [-0.05, 0) is 49.2 Å². The quantitative estimate of drug-likeness (QED) is 0.711. The first kappa shape index (κ1) is 18.1. The number of benzene rings is 1. The largest absolute Gasteiger partial charge is 0.366 e. The highest BCUT2D eigenvalue weighted by atomic mass is 16.2. The van der Waals surface area contributed by atoms with Crippen molar-refractivity contribution in [2.24, 2.45) is 0 Å². The summed E-state index contributed by atoms with van der Waals surface area (Å²) in [6.45, 7) is 1.74. The molecular weight excluding hydrogens is 378 g/mol. The van der Waals surface area contributed by atoms with Crippen molar-refractivity contribution in [1.29, 1.82) is 5.26 Å². The minimum Gasteiger partial charge on any atom is -0.366 e. The number of pyridine rings is 1. The number of anilines is 3. The van der Waals surface area contributed by atoms with Crippen LogP contribution in [0.2, 0.25) is 0 Å². The molecule has 2 aliphatic rings. The van der Waals surface area contributed by atoms with Crippen LogP contribution in [0.25, 0.3) is 11.3 Å². The number of piperidine rings is 1. The molecule has 0 saturated carbocycles. The van der Waals surface area contributed by atoms with Gasteiger partial charge in [-0.1, -0.05) is 12.1 Å². The highest BCUT2D eigenvalue weighted by molar-refractivity contribution is 6.04. The Morgan fingerprint density at radius 1 is 1.20 bits per heavy atom. The van der Waals surface area contributed by atoms with E-state index in [0.717, 1.165) is 42.9 Å². The summed E-state index contributed by atoms with van der Waals surface area (Å²) < 4.78 is 0. The van der Waals surface area contributed by atoms with Crippen LogP contribution < -0.4 is 15.1 Å². The van der Waals surface area contributed by atoms with Gasteiger partial charge >= 0.3 is 6.03 Å². The summed E-state index contributed by atoms with van der Waals surface area (Å²) in [4.78, 5) is 22.1. The van der Waals surface area contributed by atoms with E-state index in [1.807, 2.05) is 30.3 Å². The number of fused-ring (bicyclic) bond motifs is 4. The molecule has 0 spiro atoms. The molecule has 1 atom stereocenters. The Morgan fingerprint density at radius 2 is 2.13 bits per heavy atom. The minimum absolute atomic E-state index is 0.0381. The number of carbonyl (C=O) groups excluding carboxylic acids is 1. The number of hydrogen-bond donors (Lipinski definition) is 1. The van der Waals surface area contributed by atoms with Gasteiger partial charge in [0.1, 0.15) is 0 Å². The Hall–Kier alpha value is -3.99. The number of carbonyl (C=O) groups is 1. The van der Waals surface area contributed by atoms with Crippen molar-refractivity contribution in [1.82, 2.24) is 15.2 Å². The molecule has 2 aliphatic heterocycles. The highest BCUT2D eigenvalue weighted by Gasteiger charge is 2.38. The fraction of sp³-hybridized carbons (Fsp3) is 0.227. The monoisotopic (exact) mass is 397 g/mol. The molecule has 1 aromatic carbocycles. The van der Waals surface area contributed by atoms with Crippen LogP contribution in [0.5, 0.6) is 0 Å². The van der Waals surface area contributed by atoms with Crippen molar-refractivity contribution in [2.75, 3.05) is 28.2 Å². The van der Waals surface area contributed by atoms with E-state index < -0.39 is 0 Å². The van der Waals surface area contributed by atoms with E-state index in [1.165, 1.54) is 0 Å². The van der Waals surface area contributed by atoms with Crippen LogP contribution in [0.4, 0.5) is 22.1 Å². The lowest BCUT2D eigenvalue weighted by atomic mass is 9.99. The molecule has 30 heavy (non-hydrogen) atoms. The number of nitrogens with one attached hydrogen (secondary N) is 1. The van der Waals surface area contributed by atoms with Crippen LogP contribution in [0.15, 0.2) is 54.7 Å². The first-order chi connectivity index (χ1) is 14.7. The number of hydrogen-bond acceptors (Lipinski definition) is 6. The molecule has 2 aromatic heterocycles. The molecule has 4 heterocycles. The van der Waals surface area contributed by atoms with Gasteiger partial charge in [-0.2, -0.15) is 10.4 Å². The number of amides is 2. The molecule has 3 aromatic rings. The van der Waals surface area contributed by atoms with Crippen LogP contribution in [0, 0.1) is 11.3 Å². The second-order valence-electron chi connectivity index (χ2n) is 7.38. The third-order valence-electron chi connectivity index (χ3n) is 5.50. The molecule has 5 rings (SSSR count). The van der Waals surface area contributed by atoms with Gasteiger partial charge in [0, 0.05) is 24.8 Å². The predicted molar refractivity (Wildman–Crippen MR) is 113 cm³/mol. The van der Waals surface area contributed by atoms with Crippen molar-refractivity contribution in [3.05, 3.63) is 60.3 Å². The average Bonchev–Trinajstić information content (AvgIpc) is 2.80. The number of nitriles is 1. The maximum absolute atomic E-state index is 13.2. The Morgan fingerprint density at radius 3 is 2.97 bits per heavy atom. The highest BCUT2D eigenvalue weighted by Crippen LogP contribution is 2.39. The summed E-state index contributed by atoms with van der Waals surface area (Å²) in [6, 6.07) is 16.7. The standard InChI is InChI=1S/C22H19N7O/c23-13-15-4-1-5-16(12-15)18-8-9-19-21(25-18)29(17-6-3-11-28(19)14-17)22(30)26-20-7-2-10-24-27-20/h1-2,4-5,7-10,12,17H,3,6,11,14H2,(H,26,27,30)/t17-/m1/s1. The molecule has 1 N–H and O–H groups in total. The summed E-state index contributed by atoms with van der Waals surface area (Å²) in [5.41, 5.74) is 3.09. The van der Waals surface area contributed by atoms with E-state index in [-0.39, 0.29) is 12.1 Å². The predicted octanol–water partition coefficient (Wildman–Crippen LogP) is 3.43. The van der Waals surface area contributed by atoms with Gasteiger partial charge in [0.05, 0.1) is 29.1 Å². The summed E-state index contributed by atoms with van der Waals surface area (Å²) in [7, 11) is 0. The van der Waals surface area contributed by atoms with E-state index in [9.17, 15) is 10.1 Å². The van der Waals surface area contributed by atoms with E-state index >= 15 is 0 Å². The fourth-order valence-electron chi connectivity index (χ4n) is 4.13. The molecule has 8 heteroatoms. The lowest BCUT2D eigenvalue weighted by Gasteiger charge is -2.45. The summed E-state index contributed by atoms with van der Waals surface area (Å²) in [6.07, 6.45) is 3.50. The average molecular weight is 397 g/mol. The summed E-state index contributed by atoms with van der Waals surface area (Å²) in [5.74, 6) is 1.03. The molecule has 148 valence electrons. The van der Waals surface area contributed by atoms with E-state index in [0.29, 0.717) is 17.2 Å². The van der Waals surface area contributed by atoms with Crippen molar-refractivity contribution >= 4 is 23.4 Å². The summed E-state index contributed by atoms with van der Waals surface area (Å²) in [5, 5.41) is 19.9. The van der Waals surface area contributed by atoms with E-state index in [2.05, 4.69) is 26.5 Å². The minimum atomic E-state index is -0.265. The Balaban J connectivity index is 1.56. The third kappa shape index (κ3) is 3.20. The molecule has 8 nitrogen and oxygen atoms in total. The van der Waals surface area contributed by atoms with Gasteiger partial charge in [-0.3, -0.25) is 10.2 Å². The third-order valence-corrected chi connectivity index (χ3v) is 5.50. The zero-order chi connectivity index (χ0) is 20.5. The second-order valence-corrected chi connectivity index (χ2v) is 7.38. The Labute approximate surface area is 173 Å². The molecule has 2 bridgehead atoms. The number of rotatable bonds is 2. The van der Waals surface area contributed by atoms with Gasteiger partial charge in [-0.25, -0.2) is 9.78 Å². The van der Waals surface area contributed by atoms with E-state index in [4.69, 9.17) is 4.98 Å². The smallest absolute Gasteiger partial charge is 0.329 e. The summed E-state index contributed by atoms with van der Waals surface area (Å²) >= 11 is 0. The first-order valence-corrected chi connectivity index (χ1v) is 9.87. The maximum Gasteiger partial charge on any atom is 0.329 e. The lowest BCUT2D eigenvalue weighted by molar-refractivity contribution is 0.252. The second kappa shape index (κ2) is 7.44. The van der Waals surface area contributed by atoms with Crippen LogP contribution in [-0.4, -0.2) is 40.3 Å². The molecule has 0 unspecified atom stereocenters. The molecular formula is C22H19N7O. The molecule has 1 fully saturated rings. The lowest BCUT2D eigenvalue weighted by Crippen LogP contribution is -2.56. The van der Waals surface area contributed by atoms with Gasteiger partial charge in [-0.15, -0.1) is 5.10 Å². The van der Waals surface area contributed by atoms with Gasteiger partial charge in [0.25, 0.3) is 0 Å². The SMILES string of the molecule is N#Cc1cccc(-c2ccc3c(n2)N(C(=O)Nc2cccnn2)[C@@H]2CCCN3C2)c1. The maximum atomic E-state index is 13.2. The van der Waals surface area contributed by atoms with Gasteiger partial charge < -0.3 is 4.90 Å². The zero-order valence-electron chi connectivity index (χ0n) is 16.2. The van der Waals surface area contributed by atoms with Crippen molar-refractivity contribution in [3.63, 3.8) is 0 Å². The number of nitrogens with zero attached hydrogens (tertiary/aromatic N) is 6. The fourth-order valence-corrected chi connectivity index (χ4v) is 4.13. The van der Waals surface area contributed by atoms with Crippen molar-refractivity contribution in [2.45, 2.75) is 18.9 Å². The van der Waals surface area contributed by atoms with Crippen LogP contribution in [0.3, 0.4) is 0 Å².